The lowest BCUT2D eigenvalue weighted by Gasteiger charge is -2.20. The van der Waals surface area contributed by atoms with Crippen molar-refractivity contribution in [1.29, 1.82) is 0 Å². The van der Waals surface area contributed by atoms with Crippen LogP contribution in [0.15, 0.2) is 18.2 Å². The van der Waals surface area contributed by atoms with Crippen LogP contribution < -0.4 is 0 Å². The third kappa shape index (κ3) is 1.55. The van der Waals surface area contributed by atoms with E-state index in [1.54, 1.807) is 12.1 Å². The Morgan fingerprint density at radius 1 is 1.44 bits per heavy atom. The molecule has 0 radical (unpaired) electrons. The number of carboxylic acids is 1. The Morgan fingerprint density at radius 3 is 2.50 bits per heavy atom. The molecule has 0 saturated heterocycles. The minimum absolute atomic E-state index is 0.0674. The highest BCUT2D eigenvalue weighted by atomic mass is 16.4. The first-order valence-corrected chi connectivity index (χ1v) is 5.18. The van der Waals surface area contributed by atoms with E-state index < -0.39 is 17.5 Å². The smallest absolute Gasteiger partial charge is 0.333 e. The molecule has 0 aromatic heterocycles. The minimum atomic E-state index is -1.44. The molecule has 0 bridgehead atoms. The number of aliphatic carboxylic acids is 1. The van der Waals surface area contributed by atoms with Crippen LogP contribution in [0.5, 0.6) is 5.75 Å². The van der Waals surface area contributed by atoms with Crippen molar-refractivity contribution in [3.8, 4) is 5.75 Å². The Morgan fingerprint density at radius 2 is 2.06 bits per heavy atom. The fraction of sp³-hybridized carbons (Fsp3) is 0.417. The molecular formula is C12H14O4. The number of aryl methyl sites for hydroxylation is 1. The van der Waals surface area contributed by atoms with Gasteiger partial charge in [-0.15, -0.1) is 0 Å². The predicted octanol–water partition coefficient (Wildman–Crippen LogP) is 1.18. The molecule has 1 atom stereocenters. The van der Waals surface area contributed by atoms with Crippen molar-refractivity contribution in [3.05, 3.63) is 29.3 Å². The van der Waals surface area contributed by atoms with Crippen molar-refractivity contribution >= 4 is 5.97 Å². The predicted molar refractivity (Wildman–Crippen MR) is 57.4 cm³/mol. The van der Waals surface area contributed by atoms with Crippen LogP contribution in [-0.2, 0) is 10.2 Å². The number of aliphatic hydroxyl groups excluding tert-OH is 1. The zero-order valence-corrected chi connectivity index (χ0v) is 8.97. The Bertz CT molecular complexity index is 435. The summed E-state index contributed by atoms with van der Waals surface area (Å²) in [4.78, 5) is 10.8. The van der Waals surface area contributed by atoms with Gasteiger partial charge in [0.1, 0.15) is 5.75 Å². The molecule has 16 heavy (non-hydrogen) atoms. The first kappa shape index (κ1) is 11.0. The Labute approximate surface area is 93.2 Å². The molecule has 0 heterocycles. The third-order valence-electron chi connectivity index (χ3n) is 3.24. The molecule has 4 heteroatoms. The Hall–Kier alpha value is -1.55. The molecular weight excluding hydrogens is 208 g/mol. The molecule has 0 spiro atoms. The summed E-state index contributed by atoms with van der Waals surface area (Å²) in [5.74, 6) is -1.17. The van der Waals surface area contributed by atoms with Gasteiger partial charge in [-0.05, 0) is 31.4 Å². The summed E-state index contributed by atoms with van der Waals surface area (Å²) in [6, 6.07) is 5.09. The number of phenolic OH excluding ortho intramolecular Hbond substituents is 1. The highest BCUT2D eigenvalue weighted by molar-refractivity contribution is 5.76. The highest BCUT2D eigenvalue weighted by Gasteiger charge is 2.54. The molecule has 1 aliphatic carbocycles. The Balaban J connectivity index is 2.40. The number of aliphatic hydroxyl groups is 1. The number of aromatic hydroxyl groups is 1. The molecule has 4 nitrogen and oxygen atoms in total. The van der Waals surface area contributed by atoms with Crippen molar-refractivity contribution in [2.45, 2.75) is 31.3 Å². The number of phenols is 1. The van der Waals surface area contributed by atoms with Gasteiger partial charge in [0.25, 0.3) is 0 Å². The first-order chi connectivity index (χ1) is 7.47. The number of hydrogen-bond donors (Lipinski definition) is 3. The third-order valence-corrected chi connectivity index (χ3v) is 3.24. The molecule has 2 rings (SSSR count). The van der Waals surface area contributed by atoms with E-state index in [0.717, 1.165) is 5.56 Å². The van der Waals surface area contributed by atoms with E-state index in [2.05, 4.69) is 0 Å². The van der Waals surface area contributed by atoms with Gasteiger partial charge < -0.3 is 15.3 Å². The zero-order valence-electron chi connectivity index (χ0n) is 8.97. The van der Waals surface area contributed by atoms with Gasteiger partial charge in [0.05, 0.1) is 0 Å². The fourth-order valence-corrected chi connectivity index (χ4v) is 2.12. The minimum Gasteiger partial charge on any atom is -0.508 e. The molecule has 3 N–H and O–H groups in total. The van der Waals surface area contributed by atoms with Gasteiger partial charge >= 0.3 is 5.97 Å². The second-order valence-corrected chi connectivity index (χ2v) is 4.42. The van der Waals surface area contributed by atoms with Crippen molar-refractivity contribution in [3.63, 3.8) is 0 Å². The maximum Gasteiger partial charge on any atom is 0.333 e. The average Bonchev–Trinajstić information content (AvgIpc) is 2.97. The molecule has 1 fully saturated rings. The number of hydrogen-bond acceptors (Lipinski definition) is 3. The van der Waals surface area contributed by atoms with Crippen LogP contribution >= 0.6 is 0 Å². The average molecular weight is 222 g/mol. The lowest BCUT2D eigenvalue weighted by Crippen LogP contribution is -2.33. The van der Waals surface area contributed by atoms with Crippen molar-refractivity contribution in [2.75, 3.05) is 0 Å². The standard InChI is InChI=1S/C12H14O4/c1-7-2-3-8(9(13)6-7)12(4-5-12)10(14)11(15)16/h2-3,6,10,13-14H,4-5H2,1H3,(H,15,16). The maximum absolute atomic E-state index is 10.8. The zero-order chi connectivity index (χ0) is 11.9. The van der Waals surface area contributed by atoms with E-state index in [-0.39, 0.29) is 5.75 Å². The van der Waals surface area contributed by atoms with E-state index in [1.165, 1.54) is 0 Å². The SMILES string of the molecule is Cc1ccc(C2(C(O)C(=O)O)CC2)c(O)c1. The second kappa shape index (κ2) is 3.49. The molecule has 1 aromatic carbocycles. The summed E-state index contributed by atoms with van der Waals surface area (Å²) >= 11 is 0. The molecule has 1 aromatic rings. The molecule has 86 valence electrons. The van der Waals surface area contributed by atoms with Gasteiger partial charge in [0.15, 0.2) is 6.10 Å². The molecule has 0 amide bonds. The van der Waals surface area contributed by atoms with Crippen LogP contribution in [0.4, 0.5) is 0 Å². The van der Waals surface area contributed by atoms with E-state index in [0.29, 0.717) is 18.4 Å². The van der Waals surface area contributed by atoms with Crippen LogP contribution in [-0.4, -0.2) is 27.4 Å². The van der Waals surface area contributed by atoms with Crippen LogP contribution in [0.2, 0.25) is 0 Å². The van der Waals surface area contributed by atoms with Gasteiger partial charge in [-0.2, -0.15) is 0 Å². The largest absolute Gasteiger partial charge is 0.508 e. The number of carbonyl (C=O) groups is 1. The molecule has 1 saturated carbocycles. The Kier molecular flexibility index (Phi) is 2.39. The van der Waals surface area contributed by atoms with Gasteiger partial charge in [0, 0.05) is 11.0 Å². The molecule has 1 unspecified atom stereocenters. The first-order valence-electron chi connectivity index (χ1n) is 5.18. The summed E-state index contributed by atoms with van der Waals surface area (Å²) in [6.45, 7) is 1.84. The van der Waals surface area contributed by atoms with E-state index in [4.69, 9.17) is 5.11 Å². The van der Waals surface area contributed by atoms with E-state index in [1.807, 2.05) is 13.0 Å². The summed E-state index contributed by atoms with van der Waals surface area (Å²) < 4.78 is 0. The lowest BCUT2D eigenvalue weighted by molar-refractivity contribution is -0.148. The van der Waals surface area contributed by atoms with Crippen molar-refractivity contribution in [2.24, 2.45) is 0 Å². The van der Waals surface area contributed by atoms with Crippen LogP contribution in [0, 0.1) is 6.92 Å². The fourth-order valence-electron chi connectivity index (χ4n) is 2.12. The van der Waals surface area contributed by atoms with Gasteiger partial charge in [-0.25, -0.2) is 4.79 Å². The van der Waals surface area contributed by atoms with Crippen LogP contribution in [0.1, 0.15) is 24.0 Å². The van der Waals surface area contributed by atoms with Crippen LogP contribution in [0.25, 0.3) is 0 Å². The normalized spacial score (nSPS) is 19.1. The van der Waals surface area contributed by atoms with E-state index in [9.17, 15) is 15.0 Å². The number of rotatable bonds is 3. The second-order valence-electron chi connectivity index (χ2n) is 4.42. The summed E-state index contributed by atoms with van der Waals surface area (Å²) in [6.07, 6.45) is -0.255. The monoisotopic (exact) mass is 222 g/mol. The maximum atomic E-state index is 10.8. The topological polar surface area (TPSA) is 77.8 Å². The lowest BCUT2D eigenvalue weighted by atomic mass is 9.88. The highest BCUT2D eigenvalue weighted by Crippen LogP contribution is 2.53. The van der Waals surface area contributed by atoms with Crippen LogP contribution in [0.3, 0.4) is 0 Å². The molecule has 0 aliphatic heterocycles. The number of carboxylic acid groups (broad SMARTS) is 1. The quantitative estimate of drug-likeness (QED) is 0.717. The molecule has 1 aliphatic rings. The summed E-state index contributed by atoms with van der Waals surface area (Å²) in [5.41, 5.74) is 0.652. The van der Waals surface area contributed by atoms with Crippen molar-refractivity contribution < 1.29 is 20.1 Å². The van der Waals surface area contributed by atoms with Crippen molar-refractivity contribution in [1.82, 2.24) is 0 Å². The van der Waals surface area contributed by atoms with Gasteiger partial charge in [-0.1, -0.05) is 12.1 Å². The van der Waals surface area contributed by atoms with E-state index >= 15 is 0 Å². The number of benzene rings is 1. The summed E-state index contributed by atoms with van der Waals surface area (Å²) in [7, 11) is 0. The summed E-state index contributed by atoms with van der Waals surface area (Å²) in [5, 5.41) is 28.3. The van der Waals surface area contributed by atoms with Gasteiger partial charge in [0.2, 0.25) is 0 Å². The van der Waals surface area contributed by atoms with Gasteiger partial charge in [-0.3, -0.25) is 0 Å².